The summed E-state index contributed by atoms with van der Waals surface area (Å²) in [5.74, 6) is 1.62. The zero-order valence-corrected chi connectivity index (χ0v) is 16.0. The summed E-state index contributed by atoms with van der Waals surface area (Å²) in [6, 6.07) is 14.4. The number of ether oxygens (including phenoxy) is 1. The predicted molar refractivity (Wildman–Crippen MR) is 108 cm³/mol. The molecule has 0 aliphatic carbocycles. The monoisotopic (exact) mass is 380 g/mol. The van der Waals surface area contributed by atoms with Crippen LogP contribution in [0.1, 0.15) is 22.6 Å². The Labute approximate surface area is 164 Å². The van der Waals surface area contributed by atoms with Gasteiger partial charge in [0.05, 0.1) is 0 Å². The molecule has 0 amide bonds. The summed E-state index contributed by atoms with van der Waals surface area (Å²) in [6.07, 6.45) is 3.60. The molecule has 1 aromatic carbocycles. The number of para-hydroxylation sites is 1. The highest BCUT2D eigenvalue weighted by atomic mass is 32.1. The SMILES string of the molecule is OC[C@@H]1CN(Cc2ccccc2OCc2cccnc2)C[C@H]1c1ccsc1. The molecule has 1 fully saturated rings. The largest absolute Gasteiger partial charge is 0.489 e. The van der Waals surface area contributed by atoms with Gasteiger partial charge in [-0.1, -0.05) is 24.3 Å². The third kappa shape index (κ3) is 4.38. The van der Waals surface area contributed by atoms with Gasteiger partial charge < -0.3 is 9.84 Å². The third-order valence-electron chi connectivity index (χ3n) is 5.21. The molecule has 2 aromatic heterocycles. The zero-order chi connectivity index (χ0) is 18.5. The standard InChI is InChI=1S/C22H24N2O2S/c25-14-20-12-24(13-21(20)19-7-9-27-16-19)11-18-5-1-2-6-22(18)26-15-17-4-3-8-23-10-17/h1-10,16,20-21,25H,11-15H2/t20-,21-/m0/s1. The van der Waals surface area contributed by atoms with Crippen LogP contribution < -0.4 is 4.74 Å². The van der Waals surface area contributed by atoms with Crippen LogP contribution in [0.5, 0.6) is 5.75 Å². The highest BCUT2D eigenvalue weighted by Gasteiger charge is 2.33. The number of likely N-dealkylation sites (tertiary alicyclic amines) is 1. The van der Waals surface area contributed by atoms with Gasteiger partial charge in [-0.15, -0.1) is 0 Å². The van der Waals surface area contributed by atoms with E-state index in [1.807, 2.05) is 30.5 Å². The van der Waals surface area contributed by atoms with Crippen molar-refractivity contribution in [2.24, 2.45) is 5.92 Å². The molecule has 1 saturated heterocycles. The average Bonchev–Trinajstić information content (AvgIpc) is 3.37. The number of thiophene rings is 1. The van der Waals surface area contributed by atoms with Gasteiger partial charge in [-0.25, -0.2) is 0 Å². The number of pyridine rings is 1. The lowest BCUT2D eigenvalue weighted by molar-refractivity contribution is 0.213. The third-order valence-corrected chi connectivity index (χ3v) is 5.91. The van der Waals surface area contributed by atoms with E-state index in [0.717, 1.165) is 30.9 Å². The maximum atomic E-state index is 9.83. The normalized spacial score (nSPS) is 20.0. The van der Waals surface area contributed by atoms with Gasteiger partial charge in [0.15, 0.2) is 0 Å². The fourth-order valence-electron chi connectivity index (χ4n) is 3.80. The van der Waals surface area contributed by atoms with E-state index in [-0.39, 0.29) is 6.61 Å². The van der Waals surface area contributed by atoms with Crippen molar-refractivity contribution < 1.29 is 9.84 Å². The van der Waals surface area contributed by atoms with Crippen LogP contribution in [0.25, 0.3) is 0 Å². The highest BCUT2D eigenvalue weighted by Crippen LogP contribution is 2.35. The van der Waals surface area contributed by atoms with Gasteiger partial charge in [0.25, 0.3) is 0 Å². The molecule has 2 atom stereocenters. The number of rotatable bonds is 7. The topological polar surface area (TPSA) is 45.6 Å². The second kappa shape index (κ2) is 8.65. The fraction of sp³-hybridized carbons (Fsp3) is 0.318. The first kappa shape index (κ1) is 18.2. The van der Waals surface area contributed by atoms with E-state index in [1.165, 1.54) is 11.1 Å². The van der Waals surface area contributed by atoms with Crippen LogP contribution in [0, 0.1) is 5.92 Å². The Kier molecular flexibility index (Phi) is 5.82. The van der Waals surface area contributed by atoms with Crippen molar-refractivity contribution in [3.05, 3.63) is 82.3 Å². The lowest BCUT2D eigenvalue weighted by Crippen LogP contribution is -2.21. The van der Waals surface area contributed by atoms with Crippen LogP contribution in [0.4, 0.5) is 0 Å². The van der Waals surface area contributed by atoms with Crippen molar-refractivity contribution in [2.45, 2.75) is 19.1 Å². The van der Waals surface area contributed by atoms with E-state index in [4.69, 9.17) is 4.74 Å². The van der Waals surface area contributed by atoms with Gasteiger partial charge in [0.2, 0.25) is 0 Å². The minimum absolute atomic E-state index is 0.232. The molecule has 0 unspecified atom stereocenters. The molecule has 1 aliphatic heterocycles. The number of aliphatic hydroxyl groups is 1. The molecular formula is C22H24N2O2S. The summed E-state index contributed by atoms with van der Waals surface area (Å²) < 4.78 is 6.07. The Morgan fingerprint density at radius 1 is 1.15 bits per heavy atom. The van der Waals surface area contributed by atoms with Crippen molar-refractivity contribution >= 4 is 11.3 Å². The minimum Gasteiger partial charge on any atom is -0.489 e. The molecule has 1 aliphatic rings. The lowest BCUT2D eigenvalue weighted by atomic mass is 9.92. The molecule has 0 spiro atoms. The van der Waals surface area contributed by atoms with Crippen LogP contribution in [-0.2, 0) is 13.2 Å². The summed E-state index contributed by atoms with van der Waals surface area (Å²) in [5, 5.41) is 14.2. The maximum Gasteiger partial charge on any atom is 0.124 e. The number of nitrogens with zero attached hydrogens (tertiary/aromatic N) is 2. The molecule has 140 valence electrons. The van der Waals surface area contributed by atoms with E-state index in [0.29, 0.717) is 18.4 Å². The summed E-state index contributed by atoms with van der Waals surface area (Å²) in [5.41, 5.74) is 3.60. The number of aromatic nitrogens is 1. The first-order valence-electron chi connectivity index (χ1n) is 9.28. The van der Waals surface area contributed by atoms with Crippen LogP contribution in [-0.4, -0.2) is 34.7 Å². The summed E-state index contributed by atoms with van der Waals surface area (Å²) in [6.45, 7) is 3.46. The minimum atomic E-state index is 0.232. The predicted octanol–water partition coefficient (Wildman–Crippen LogP) is 3.93. The Bertz CT molecular complexity index is 839. The molecule has 1 N–H and O–H groups in total. The van der Waals surface area contributed by atoms with Crippen LogP contribution in [0.15, 0.2) is 65.6 Å². The highest BCUT2D eigenvalue weighted by molar-refractivity contribution is 7.08. The number of benzene rings is 1. The molecule has 5 heteroatoms. The van der Waals surface area contributed by atoms with Crippen molar-refractivity contribution in [1.82, 2.24) is 9.88 Å². The number of aliphatic hydroxyl groups excluding tert-OH is 1. The van der Waals surface area contributed by atoms with E-state index < -0.39 is 0 Å². The molecule has 27 heavy (non-hydrogen) atoms. The van der Waals surface area contributed by atoms with Crippen LogP contribution >= 0.6 is 11.3 Å². The van der Waals surface area contributed by atoms with Gasteiger partial charge in [-0.05, 0) is 34.5 Å². The Balaban J connectivity index is 1.44. The van der Waals surface area contributed by atoms with Gasteiger partial charge in [0, 0.05) is 61.6 Å². The van der Waals surface area contributed by atoms with E-state index in [2.05, 4.69) is 38.8 Å². The number of hydrogen-bond donors (Lipinski definition) is 1. The molecule has 0 bridgehead atoms. The molecule has 4 nitrogen and oxygen atoms in total. The molecule has 4 rings (SSSR count). The van der Waals surface area contributed by atoms with Crippen molar-refractivity contribution in [1.29, 1.82) is 0 Å². The van der Waals surface area contributed by atoms with E-state index in [1.54, 1.807) is 17.5 Å². The second-order valence-corrected chi connectivity index (χ2v) is 7.84. The van der Waals surface area contributed by atoms with Gasteiger partial charge in [0.1, 0.15) is 12.4 Å². The zero-order valence-electron chi connectivity index (χ0n) is 15.2. The smallest absolute Gasteiger partial charge is 0.124 e. The Morgan fingerprint density at radius 2 is 2.07 bits per heavy atom. The van der Waals surface area contributed by atoms with E-state index in [9.17, 15) is 5.11 Å². The first-order chi connectivity index (χ1) is 13.3. The van der Waals surface area contributed by atoms with Crippen molar-refractivity contribution in [3.63, 3.8) is 0 Å². The molecule has 3 aromatic rings. The number of hydrogen-bond acceptors (Lipinski definition) is 5. The second-order valence-electron chi connectivity index (χ2n) is 7.06. The van der Waals surface area contributed by atoms with Crippen molar-refractivity contribution in [3.8, 4) is 5.75 Å². The maximum absolute atomic E-state index is 9.83. The van der Waals surface area contributed by atoms with Crippen molar-refractivity contribution in [2.75, 3.05) is 19.7 Å². The quantitative estimate of drug-likeness (QED) is 0.675. The summed E-state index contributed by atoms with van der Waals surface area (Å²) >= 11 is 1.73. The average molecular weight is 381 g/mol. The summed E-state index contributed by atoms with van der Waals surface area (Å²) in [4.78, 5) is 6.57. The van der Waals surface area contributed by atoms with Gasteiger partial charge in [-0.3, -0.25) is 9.88 Å². The Morgan fingerprint density at radius 3 is 2.85 bits per heavy atom. The van der Waals surface area contributed by atoms with Crippen LogP contribution in [0.2, 0.25) is 0 Å². The molecule has 0 radical (unpaired) electrons. The van der Waals surface area contributed by atoms with Crippen LogP contribution in [0.3, 0.4) is 0 Å². The fourth-order valence-corrected chi connectivity index (χ4v) is 4.52. The molecule has 0 saturated carbocycles. The first-order valence-corrected chi connectivity index (χ1v) is 10.2. The van der Waals surface area contributed by atoms with Gasteiger partial charge >= 0.3 is 0 Å². The molecule has 3 heterocycles. The summed E-state index contributed by atoms with van der Waals surface area (Å²) in [7, 11) is 0. The Hall–Kier alpha value is -2.21. The lowest BCUT2D eigenvalue weighted by Gasteiger charge is -2.18. The molecular weight excluding hydrogens is 356 g/mol. The van der Waals surface area contributed by atoms with Gasteiger partial charge in [-0.2, -0.15) is 11.3 Å². The van der Waals surface area contributed by atoms with E-state index >= 15 is 0 Å².